The average molecular weight is 326 g/mol. The van der Waals surface area contributed by atoms with E-state index in [9.17, 15) is 8.78 Å². The molecule has 0 atom stereocenters. The van der Waals surface area contributed by atoms with Gasteiger partial charge in [-0.05, 0) is 18.2 Å². The summed E-state index contributed by atoms with van der Waals surface area (Å²) < 4.78 is 30.2. The second-order valence-electron chi connectivity index (χ2n) is 4.83. The SMILES string of the molecule is FC(F)(Cn1ccc2c(Cl)cc(Cl)cc21)c1ccccc1. The van der Waals surface area contributed by atoms with Crippen molar-refractivity contribution >= 4 is 34.1 Å². The summed E-state index contributed by atoms with van der Waals surface area (Å²) in [7, 11) is 0. The second-order valence-corrected chi connectivity index (χ2v) is 5.68. The van der Waals surface area contributed by atoms with Crippen LogP contribution in [0.5, 0.6) is 0 Å². The number of halogens is 4. The number of benzene rings is 2. The fourth-order valence-electron chi connectivity index (χ4n) is 2.34. The molecular weight excluding hydrogens is 315 g/mol. The highest BCUT2D eigenvalue weighted by Gasteiger charge is 2.32. The number of fused-ring (bicyclic) bond motifs is 1. The Morgan fingerprint density at radius 3 is 2.43 bits per heavy atom. The zero-order valence-electron chi connectivity index (χ0n) is 10.9. The summed E-state index contributed by atoms with van der Waals surface area (Å²) in [6, 6.07) is 12.7. The van der Waals surface area contributed by atoms with Crippen molar-refractivity contribution in [2.45, 2.75) is 12.5 Å². The van der Waals surface area contributed by atoms with E-state index in [-0.39, 0.29) is 5.56 Å². The molecule has 0 saturated heterocycles. The van der Waals surface area contributed by atoms with Crippen molar-refractivity contribution in [2.24, 2.45) is 0 Å². The van der Waals surface area contributed by atoms with E-state index in [4.69, 9.17) is 23.2 Å². The van der Waals surface area contributed by atoms with Gasteiger partial charge in [0.05, 0.1) is 17.1 Å². The molecule has 0 aliphatic heterocycles. The first-order valence-electron chi connectivity index (χ1n) is 6.34. The van der Waals surface area contributed by atoms with Gasteiger partial charge in [0.15, 0.2) is 0 Å². The van der Waals surface area contributed by atoms with Crippen LogP contribution in [0.15, 0.2) is 54.7 Å². The summed E-state index contributed by atoms with van der Waals surface area (Å²) in [5.41, 5.74) is 0.586. The maximum atomic E-state index is 14.4. The van der Waals surface area contributed by atoms with E-state index in [0.29, 0.717) is 20.9 Å². The number of nitrogens with zero attached hydrogens (tertiary/aromatic N) is 1. The second kappa shape index (κ2) is 5.32. The number of hydrogen-bond donors (Lipinski definition) is 0. The Bertz CT molecular complexity index is 782. The predicted octanol–water partition coefficient (Wildman–Crippen LogP) is 5.74. The van der Waals surface area contributed by atoms with Gasteiger partial charge in [0.2, 0.25) is 0 Å². The van der Waals surface area contributed by atoms with Gasteiger partial charge in [0.1, 0.15) is 0 Å². The smallest absolute Gasteiger partial charge is 0.290 e. The van der Waals surface area contributed by atoms with Crippen LogP contribution in [0.4, 0.5) is 8.78 Å². The fourth-order valence-corrected chi connectivity index (χ4v) is 2.89. The van der Waals surface area contributed by atoms with Crippen molar-refractivity contribution in [1.29, 1.82) is 0 Å². The Kier molecular flexibility index (Phi) is 3.64. The van der Waals surface area contributed by atoms with E-state index < -0.39 is 12.5 Å². The minimum absolute atomic E-state index is 0.0139. The zero-order valence-corrected chi connectivity index (χ0v) is 12.4. The van der Waals surface area contributed by atoms with Gasteiger partial charge in [-0.3, -0.25) is 0 Å². The molecule has 108 valence electrons. The molecule has 0 amide bonds. The molecule has 1 aromatic heterocycles. The molecule has 5 heteroatoms. The summed E-state index contributed by atoms with van der Waals surface area (Å²) in [6.45, 7) is -0.461. The molecule has 21 heavy (non-hydrogen) atoms. The van der Waals surface area contributed by atoms with E-state index in [0.717, 1.165) is 0 Å². The average Bonchev–Trinajstić information content (AvgIpc) is 2.82. The quantitative estimate of drug-likeness (QED) is 0.578. The van der Waals surface area contributed by atoms with Crippen LogP contribution in [0.25, 0.3) is 10.9 Å². The fraction of sp³-hybridized carbons (Fsp3) is 0.125. The van der Waals surface area contributed by atoms with Crippen LogP contribution in [-0.2, 0) is 12.5 Å². The van der Waals surface area contributed by atoms with E-state index in [1.165, 1.54) is 16.7 Å². The number of aromatic nitrogens is 1. The normalized spacial score (nSPS) is 12.0. The van der Waals surface area contributed by atoms with Crippen molar-refractivity contribution < 1.29 is 8.78 Å². The zero-order chi connectivity index (χ0) is 15.0. The molecule has 0 saturated carbocycles. The predicted molar refractivity (Wildman–Crippen MR) is 82.3 cm³/mol. The van der Waals surface area contributed by atoms with Crippen molar-refractivity contribution in [3.63, 3.8) is 0 Å². The summed E-state index contributed by atoms with van der Waals surface area (Å²) in [5, 5.41) is 1.60. The molecule has 1 heterocycles. The molecule has 1 nitrogen and oxygen atoms in total. The maximum Gasteiger partial charge on any atom is 0.290 e. The Labute approximate surface area is 130 Å². The van der Waals surface area contributed by atoms with Gasteiger partial charge < -0.3 is 4.57 Å². The molecule has 0 radical (unpaired) electrons. The summed E-state index contributed by atoms with van der Waals surface area (Å²) in [4.78, 5) is 0. The molecule has 2 aromatic carbocycles. The van der Waals surface area contributed by atoms with Crippen LogP contribution in [0, 0.1) is 0 Å². The third-order valence-electron chi connectivity index (χ3n) is 3.37. The summed E-state index contributed by atoms with van der Waals surface area (Å²) in [6.07, 6.45) is 1.60. The molecule has 0 bridgehead atoms. The van der Waals surface area contributed by atoms with Crippen LogP contribution >= 0.6 is 23.2 Å². The van der Waals surface area contributed by atoms with Gasteiger partial charge in [-0.15, -0.1) is 0 Å². The first-order chi connectivity index (χ1) is 9.97. The van der Waals surface area contributed by atoms with Gasteiger partial charge in [-0.2, -0.15) is 8.78 Å². The monoisotopic (exact) mass is 325 g/mol. The molecule has 0 spiro atoms. The molecule has 0 aliphatic carbocycles. The Balaban J connectivity index is 2.02. The molecule has 0 unspecified atom stereocenters. The molecule has 0 fully saturated rings. The Morgan fingerprint density at radius 2 is 1.71 bits per heavy atom. The number of hydrogen-bond acceptors (Lipinski definition) is 0. The van der Waals surface area contributed by atoms with Crippen LogP contribution in [-0.4, -0.2) is 4.57 Å². The van der Waals surface area contributed by atoms with Gasteiger partial charge in [-0.1, -0.05) is 53.5 Å². The number of rotatable bonds is 3. The van der Waals surface area contributed by atoms with Gasteiger partial charge in [0.25, 0.3) is 5.92 Å². The van der Waals surface area contributed by atoms with Crippen molar-refractivity contribution in [1.82, 2.24) is 4.57 Å². The van der Waals surface area contributed by atoms with Crippen LogP contribution < -0.4 is 0 Å². The van der Waals surface area contributed by atoms with Crippen LogP contribution in [0.2, 0.25) is 10.0 Å². The maximum absolute atomic E-state index is 14.4. The highest BCUT2D eigenvalue weighted by Crippen LogP contribution is 2.34. The molecule has 3 aromatic rings. The van der Waals surface area contributed by atoms with E-state index in [1.54, 1.807) is 42.6 Å². The van der Waals surface area contributed by atoms with E-state index >= 15 is 0 Å². The minimum atomic E-state index is -2.97. The topological polar surface area (TPSA) is 4.93 Å². The van der Waals surface area contributed by atoms with E-state index in [1.807, 2.05) is 0 Å². The lowest BCUT2D eigenvalue weighted by molar-refractivity contribution is -0.0211. The third-order valence-corrected chi connectivity index (χ3v) is 3.90. The van der Waals surface area contributed by atoms with Crippen molar-refractivity contribution in [2.75, 3.05) is 0 Å². The Morgan fingerprint density at radius 1 is 1.00 bits per heavy atom. The molecule has 0 aliphatic rings. The summed E-state index contributed by atoms with van der Waals surface area (Å²) in [5.74, 6) is -2.97. The lowest BCUT2D eigenvalue weighted by Gasteiger charge is -2.18. The summed E-state index contributed by atoms with van der Waals surface area (Å²) >= 11 is 12.0. The first kappa shape index (κ1) is 14.4. The van der Waals surface area contributed by atoms with Gasteiger partial charge >= 0.3 is 0 Å². The van der Waals surface area contributed by atoms with Crippen molar-refractivity contribution in [3.8, 4) is 0 Å². The van der Waals surface area contributed by atoms with Gasteiger partial charge in [-0.25, -0.2) is 0 Å². The lowest BCUT2D eigenvalue weighted by Crippen LogP contribution is -2.20. The number of alkyl halides is 2. The standard InChI is InChI=1S/C16H11Cl2F2N/c17-12-8-14(18)13-6-7-21(15(13)9-12)10-16(19,20)11-4-2-1-3-5-11/h1-9H,10H2. The van der Waals surface area contributed by atoms with Crippen LogP contribution in [0.1, 0.15) is 5.56 Å². The highest BCUT2D eigenvalue weighted by molar-refractivity contribution is 6.38. The minimum Gasteiger partial charge on any atom is -0.341 e. The highest BCUT2D eigenvalue weighted by atomic mass is 35.5. The first-order valence-corrected chi connectivity index (χ1v) is 7.10. The van der Waals surface area contributed by atoms with Crippen molar-refractivity contribution in [3.05, 3.63) is 70.3 Å². The lowest BCUT2D eigenvalue weighted by atomic mass is 10.1. The molecular formula is C16H11Cl2F2N. The third kappa shape index (κ3) is 2.76. The largest absolute Gasteiger partial charge is 0.341 e. The van der Waals surface area contributed by atoms with Crippen LogP contribution in [0.3, 0.4) is 0 Å². The molecule has 3 rings (SSSR count). The van der Waals surface area contributed by atoms with Gasteiger partial charge in [0, 0.05) is 22.2 Å². The molecule has 0 N–H and O–H groups in total. The van der Waals surface area contributed by atoms with E-state index in [2.05, 4.69) is 0 Å². The Hall–Kier alpha value is -1.58.